The second-order valence-electron chi connectivity index (χ2n) is 7.71. The van der Waals surface area contributed by atoms with Crippen LogP contribution in [0, 0.1) is 0 Å². The normalized spacial score (nSPS) is 10.5. The summed E-state index contributed by atoms with van der Waals surface area (Å²) < 4.78 is 27.9. The van der Waals surface area contributed by atoms with Crippen LogP contribution in [0.1, 0.15) is 27.4 Å². The number of rotatable bonds is 10. The van der Waals surface area contributed by atoms with Crippen molar-refractivity contribution in [2.75, 3.05) is 26.6 Å². The maximum Gasteiger partial charge on any atom is 0.291 e. The van der Waals surface area contributed by atoms with Crippen molar-refractivity contribution in [3.8, 4) is 23.0 Å². The Bertz CT molecular complexity index is 1240. The van der Waals surface area contributed by atoms with Gasteiger partial charge in [0.15, 0.2) is 5.76 Å². The van der Waals surface area contributed by atoms with Crippen molar-refractivity contribution >= 4 is 11.6 Å². The first-order chi connectivity index (χ1) is 17.1. The van der Waals surface area contributed by atoms with Crippen LogP contribution in [-0.2, 0) is 13.0 Å². The molecule has 0 bridgehead atoms. The number of amides is 1. The Morgan fingerprint density at radius 2 is 1.49 bits per heavy atom. The number of methoxy groups -OCH3 is 3. The number of anilines is 1. The predicted molar refractivity (Wildman–Crippen MR) is 133 cm³/mol. The zero-order valence-corrected chi connectivity index (χ0v) is 19.9. The minimum absolute atomic E-state index is 0.204. The smallest absolute Gasteiger partial charge is 0.291 e. The third-order valence-corrected chi connectivity index (χ3v) is 5.41. The first kappa shape index (κ1) is 23.8. The second kappa shape index (κ2) is 11.2. The third kappa shape index (κ3) is 5.95. The number of furan rings is 1. The lowest BCUT2D eigenvalue weighted by Gasteiger charge is -2.14. The molecule has 0 unspecified atom stereocenters. The van der Waals surface area contributed by atoms with Crippen LogP contribution in [0.5, 0.6) is 23.0 Å². The van der Waals surface area contributed by atoms with Crippen molar-refractivity contribution in [2.24, 2.45) is 0 Å². The maximum absolute atomic E-state index is 12.7. The Morgan fingerprint density at radius 3 is 2.11 bits per heavy atom. The molecule has 4 aromatic rings. The quantitative estimate of drug-likeness (QED) is 0.317. The molecule has 0 radical (unpaired) electrons. The van der Waals surface area contributed by atoms with Gasteiger partial charge in [0.05, 0.1) is 21.3 Å². The van der Waals surface area contributed by atoms with Gasteiger partial charge in [0.2, 0.25) is 0 Å². The van der Waals surface area contributed by atoms with Gasteiger partial charge in [0, 0.05) is 29.8 Å². The first-order valence-electron chi connectivity index (χ1n) is 11.1. The lowest BCUT2D eigenvalue weighted by Crippen LogP contribution is -2.10. The highest BCUT2D eigenvalue weighted by Crippen LogP contribution is 2.36. The molecule has 1 heterocycles. The summed E-state index contributed by atoms with van der Waals surface area (Å²) in [5.41, 5.74) is 2.52. The summed E-state index contributed by atoms with van der Waals surface area (Å²) in [5, 5.41) is 2.84. The Hall–Kier alpha value is -4.39. The highest BCUT2D eigenvalue weighted by molar-refractivity contribution is 6.02. The van der Waals surface area contributed by atoms with Gasteiger partial charge >= 0.3 is 0 Å². The minimum Gasteiger partial charge on any atom is -0.496 e. The number of hydrogen-bond acceptors (Lipinski definition) is 6. The van der Waals surface area contributed by atoms with Crippen LogP contribution in [0.3, 0.4) is 0 Å². The van der Waals surface area contributed by atoms with Gasteiger partial charge in [-0.25, -0.2) is 0 Å². The van der Waals surface area contributed by atoms with Crippen molar-refractivity contribution in [1.29, 1.82) is 0 Å². The van der Waals surface area contributed by atoms with E-state index < -0.39 is 0 Å². The number of benzene rings is 3. The van der Waals surface area contributed by atoms with Crippen LogP contribution < -0.4 is 24.3 Å². The van der Waals surface area contributed by atoms with Crippen LogP contribution >= 0.6 is 0 Å². The molecule has 0 fully saturated rings. The highest BCUT2D eigenvalue weighted by Gasteiger charge is 2.17. The van der Waals surface area contributed by atoms with E-state index in [1.807, 2.05) is 42.5 Å². The predicted octanol–water partition coefficient (Wildman–Crippen LogP) is 5.73. The number of carbonyl (C=O) groups excluding carboxylic acids is 1. The molecule has 1 N–H and O–H groups in total. The van der Waals surface area contributed by atoms with Crippen molar-refractivity contribution in [1.82, 2.24) is 0 Å². The molecule has 180 valence electrons. The molecule has 7 nitrogen and oxygen atoms in total. The van der Waals surface area contributed by atoms with E-state index in [-0.39, 0.29) is 11.7 Å². The van der Waals surface area contributed by atoms with Gasteiger partial charge in [-0.05, 0) is 42.0 Å². The number of carbonyl (C=O) groups is 1. The van der Waals surface area contributed by atoms with Gasteiger partial charge in [-0.1, -0.05) is 30.3 Å². The molecule has 0 aliphatic rings. The molecule has 4 rings (SSSR count). The van der Waals surface area contributed by atoms with Crippen LogP contribution in [0.15, 0.2) is 83.3 Å². The molecule has 0 aliphatic heterocycles. The maximum atomic E-state index is 12.7. The minimum atomic E-state index is -0.345. The van der Waals surface area contributed by atoms with E-state index in [4.69, 9.17) is 23.4 Å². The van der Waals surface area contributed by atoms with E-state index in [1.54, 1.807) is 57.7 Å². The molecule has 1 amide bonds. The Labute approximate surface area is 204 Å². The zero-order valence-electron chi connectivity index (χ0n) is 19.9. The van der Waals surface area contributed by atoms with Gasteiger partial charge in [0.25, 0.3) is 5.91 Å². The molecule has 0 saturated heterocycles. The summed E-state index contributed by atoms with van der Waals surface area (Å²) in [4.78, 5) is 12.7. The zero-order chi connectivity index (χ0) is 24.6. The molecule has 3 aromatic carbocycles. The lowest BCUT2D eigenvalue weighted by molar-refractivity contribution is 0.0995. The highest BCUT2D eigenvalue weighted by atomic mass is 16.5. The summed E-state index contributed by atoms with van der Waals surface area (Å²) in [6.07, 6.45) is 0.386. The van der Waals surface area contributed by atoms with Gasteiger partial charge in [0.1, 0.15) is 35.4 Å². The van der Waals surface area contributed by atoms with E-state index in [9.17, 15) is 4.79 Å². The molecule has 35 heavy (non-hydrogen) atoms. The molecule has 0 atom stereocenters. The summed E-state index contributed by atoms with van der Waals surface area (Å²) in [7, 11) is 4.74. The van der Waals surface area contributed by atoms with E-state index in [0.717, 1.165) is 16.9 Å². The first-order valence-corrected chi connectivity index (χ1v) is 11.1. The van der Waals surface area contributed by atoms with E-state index in [0.29, 0.717) is 41.7 Å². The van der Waals surface area contributed by atoms with Crippen LogP contribution in [0.25, 0.3) is 0 Å². The third-order valence-electron chi connectivity index (χ3n) is 5.41. The average molecular weight is 474 g/mol. The summed E-state index contributed by atoms with van der Waals surface area (Å²) in [6.45, 7) is 0.478. The summed E-state index contributed by atoms with van der Waals surface area (Å²) in [6, 6.07) is 24.1. The number of nitrogens with one attached hydrogen (secondary N) is 1. The van der Waals surface area contributed by atoms with E-state index in [2.05, 4.69) is 5.32 Å². The van der Waals surface area contributed by atoms with Gasteiger partial charge < -0.3 is 28.7 Å². The topological polar surface area (TPSA) is 79.2 Å². The fraction of sp³-hybridized carbons (Fsp3) is 0.179. The van der Waals surface area contributed by atoms with Crippen LogP contribution in [-0.4, -0.2) is 27.2 Å². The molecule has 0 aliphatic carbocycles. The molecule has 0 saturated carbocycles. The van der Waals surface area contributed by atoms with Crippen molar-refractivity contribution in [3.05, 3.63) is 102 Å². The largest absolute Gasteiger partial charge is 0.496 e. The van der Waals surface area contributed by atoms with Crippen LogP contribution in [0.2, 0.25) is 0 Å². The summed E-state index contributed by atoms with van der Waals surface area (Å²) >= 11 is 0. The van der Waals surface area contributed by atoms with E-state index >= 15 is 0 Å². The molecular formula is C28H27NO6. The van der Waals surface area contributed by atoms with Gasteiger partial charge in [-0.15, -0.1) is 0 Å². The second-order valence-corrected chi connectivity index (χ2v) is 7.71. The summed E-state index contributed by atoms with van der Waals surface area (Å²) in [5.74, 6) is 3.02. The average Bonchev–Trinajstić information content (AvgIpc) is 3.37. The molecule has 1 aromatic heterocycles. The fourth-order valence-corrected chi connectivity index (χ4v) is 3.59. The van der Waals surface area contributed by atoms with Crippen molar-refractivity contribution in [2.45, 2.75) is 13.0 Å². The van der Waals surface area contributed by atoms with Crippen molar-refractivity contribution in [3.63, 3.8) is 0 Å². The van der Waals surface area contributed by atoms with Gasteiger partial charge in [-0.2, -0.15) is 0 Å². The number of hydrogen-bond donors (Lipinski definition) is 1. The lowest BCUT2D eigenvalue weighted by atomic mass is 10.1. The Balaban J connectivity index is 1.39. The van der Waals surface area contributed by atoms with E-state index in [1.165, 1.54) is 0 Å². The SMILES string of the molecule is COc1cc(OC)c(Cc2ccc(C(=O)Nc3ccc(OCc4ccccc4)cc3)o2)c(OC)c1. The Morgan fingerprint density at radius 1 is 0.800 bits per heavy atom. The fourth-order valence-electron chi connectivity index (χ4n) is 3.59. The van der Waals surface area contributed by atoms with Crippen molar-refractivity contribution < 1.29 is 28.2 Å². The molecule has 0 spiro atoms. The number of ether oxygens (including phenoxy) is 4. The van der Waals surface area contributed by atoms with Gasteiger partial charge in [-0.3, -0.25) is 4.79 Å². The monoisotopic (exact) mass is 473 g/mol. The van der Waals surface area contributed by atoms with Crippen LogP contribution in [0.4, 0.5) is 5.69 Å². The standard InChI is InChI=1S/C28H27NO6/c1-31-23-16-26(32-2)24(27(17-23)33-3)15-22-13-14-25(35-22)28(30)29-20-9-11-21(12-10-20)34-18-19-7-5-4-6-8-19/h4-14,16-17H,15,18H2,1-3H3,(H,29,30). The Kier molecular flexibility index (Phi) is 7.57. The molecular weight excluding hydrogens is 446 g/mol. The molecule has 7 heteroatoms.